The molecule has 1 aromatic carbocycles. The highest BCUT2D eigenvalue weighted by molar-refractivity contribution is 5.93. The van der Waals surface area contributed by atoms with Crippen LogP contribution in [0, 0.1) is 11.8 Å². The highest BCUT2D eigenvalue weighted by atomic mass is 19.4. The molecule has 178 valence electrons. The van der Waals surface area contributed by atoms with Crippen molar-refractivity contribution in [3.05, 3.63) is 24.3 Å². The summed E-state index contributed by atoms with van der Waals surface area (Å²) < 4.78 is 31.7. The fourth-order valence-electron chi connectivity index (χ4n) is 4.87. The molecule has 3 fully saturated rings. The summed E-state index contributed by atoms with van der Waals surface area (Å²) in [5, 5.41) is 10.3. The van der Waals surface area contributed by atoms with E-state index in [9.17, 15) is 18.0 Å². The number of alkyl halides is 3. The minimum atomic E-state index is -5.08. The predicted octanol–water partition coefficient (Wildman–Crippen LogP) is 3.90. The number of rotatable bonds is 3. The lowest BCUT2D eigenvalue weighted by Gasteiger charge is -2.34. The number of piperidine rings is 2. The van der Waals surface area contributed by atoms with Crippen molar-refractivity contribution in [3.63, 3.8) is 0 Å². The van der Waals surface area contributed by atoms with Crippen LogP contribution in [-0.4, -0.2) is 59.9 Å². The lowest BCUT2D eigenvalue weighted by molar-refractivity contribution is -0.192. The van der Waals surface area contributed by atoms with E-state index in [0.29, 0.717) is 12.0 Å². The second-order valence-corrected chi connectivity index (χ2v) is 8.92. The third kappa shape index (κ3) is 5.85. The average molecular weight is 457 g/mol. The number of carbonyl (C=O) groups excluding carboxylic acids is 1. The summed E-state index contributed by atoms with van der Waals surface area (Å²) in [5.74, 6) is -1.38. The summed E-state index contributed by atoms with van der Waals surface area (Å²) in [6.07, 6.45) is 0.889. The maximum atomic E-state index is 12.7. The van der Waals surface area contributed by atoms with Crippen molar-refractivity contribution in [1.82, 2.24) is 4.90 Å². The standard InChI is InChI=1S/C20H30N4O.C2HF3O2/c1-14(21)16-8-10-23(11-9-16)20(25)22-18-4-2-3-5-19(18)24-13-15-6-7-17(24)12-15;3-2(4,5)1(6)7/h2-5,14-17H,6-13,21H2,1H3,(H,22,25);(H,6,7). The summed E-state index contributed by atoms with van der Waals surface area (Å²) in [6, 6.07) is 9.18. The third-order valence-corrected chi connectivity index (χ3v) is 6.68. The Balaban J connectivity index is 0.000000360. The molecule has 3 aliphatic rings. The second kappa shape index (κ2) is 9.97. The largest absolute Gasteiger partial charge is 0.490 e. The van der Waals surface area contributed by atoms with E-state index < -0.39 is 12.1 Å². The van der Waals surface area contributed by atoms with E-state index in [1.165, 1.54) is 24.9 Å². The molecule has 4 N–H and O–H groups in total. The van der Waals surface area contributed by atoms with Crippen LogP contribution in [0.25, 0.3) is 0 Å². The molecule has 0 radical (unpaired) electrons. The molecular formula is C22H31F3N4O3. The number of hydrogen-bond acceptors (Lipinski definition) is 4. The van der Waals surface area contributed by atoms with Gasteiger partial charge in [0.2, 0.25) is 0 Å². The maximum Gasteiger partial charge on any atom is 0.490 e. The van der Waals surface area contributed by atoms with Gasteiger partial charge in [0.25, 0.3) is 0 Å². The monoisotopic (exact) mass is 456 g/mol. The van der Waals surface area contributed by atoms with Gasteiger partial charge in [-0.25, -0.2) is 9.59 Å². The van der Waals surface area contributed by atoms with Gasteiger partial charge in [0.05, 0.1) is 11.4 Å². The molecule has 2 saturated heterocycles. The summed E-state index contributed by atoms with van der Waals surface area (Å²) in [5.41, 5.74) is 8.15. The number of urea groups is 1. The van der Waals surface area contributed by atoms with E-state index in [4.69, 9.17) is 15.6 Å². The molecule has 3 unspecified atom stereocenters. The van der Waals surface area contributed by atoms with E-state index in [1.807, 2.05) is 17.0 Å². The molecule has 10 heteroatoms. The number of aliphatic carboxylic acids is 1. The van der Waals surface area contributed by atoms with Crippen LogP contribution in [0.4, 0.5) is 29.3 Å². The quantitative estimate of drug-likeness (QED) is 0.641. The number of para-hydroxylation sites is 2. The Hall–Kier alpha value is -2.49. The van der Waals surface area contributed by atoms with E-state index in [1.54, 1.807) is 0 Å². The SMILES string of the molecule is CC(N)C1CCN(C(=O)Nc2ccccc2N2CC3CCC2C3)CC1.O=C(O)C(F)(F)F. The number of halogens is 3. The maximum absolute atomic E-state index is 12.7. The Morgan fingerprint density at radius 2 is 1.78 bits per heavy atom. The Bertz CT molecular complexity index is 810. The minimum absolute atomic E-state index is 0.0277. The highest BCUT2D eigenvalue weighted by Crippen LogP contribution is 2.42. The molecule has 7 nitrogen and oxygen atoms in total. The van der Waals surface area contributed by atoms with Crippen LogP contribution in [0.15, 0.2) is 24.3 Å². The molecule has 1 saturated carbocycles. The molecule has 2 aliphatic heterocycles. The molecule has 1 aromatic rings. The number of likely N-dealkylation sites (tertiary alicyclic amines) is 1. The zero-order chi connectivity index (χ0) is 23.5. The minimum Gasteiger partial charge on any atom is -0.475 e. The Morgan fingerprint density at radius 1 is 1.16 bits per heavy atom. The van der Waals surface area contributed by atoms with Gasteiger partial charge in [0.1, 0.15) is 0 Å². The van der Waals surface area contributed by atoms with Gasteiger partial charge in [0.15, 0.2) is 0 Å². The van der Waals surface area contributed by atoms with Gasteiger partial charge < -0.3 is 26.0 Å². The molecule has 3 atom stereocenters. The number of benzene rings is 1. The summed E-state index contributed by atoms with van der Waals surface area (Å²) in [4.78, 5) is 26.1. The normalized spacial score (nSPS) is 24.0. The van der Waals surface area contributed by atoms with E-state index in [2.05, 4.69) is 29.3 Å². The second-order valence-electron chi connectivity index (χ2n) is 8.92. The summed E-state index contributed by atoms with van der Waals surface area (Å²) in [7, 11) is 0. The predicted molar refractivity (Wildman–Crippen MR) is 116 cm³/mol. The summed E-state index contributed by atoms with van der Waals surface area (Å²) in [6.45, 7) is 4.81. The molecule has 4 rings (SSSR count). The fraction of sp³-hybridized carbons (Fsp3) is 0.636. The van der Waals surface area contributed by atoms with Crippen LogP contribution < -0.4 is 16.0 Å². The van der Waals surface area contributed by atoms with Crippen LogP contribution in [0.3, 0.4) is 0 Å². The van der Waals surface area contributed by atoms with E-state index in [-0.39, 0.29) is 12.1 Å². The van der Waals surface area contributed by atoms with Crippen molar-refractivity contribution in [2.45, 2.75) is 57.3 Å². The highest BCUT2D eigenvalue weighted by Gasteiger charge is 2.39. The number of nitrogens with zero attached hydrogens (tertiary/aromatic N) is 2. The van der Waals surface area contributed by atoms with Gasteiger partial charge in [0, 0.05) is 31.7 Å². The smallest absolute Gasteiger partial charge is 0.475 e. The number of fused-ring (bicyclic) bond motifs is 2. The van der Waals surface area contributed by atoms with Gasteiger partial charge in [-0.3, -0.25) is 0 Å². The molecule has 2 amide bonds. The Morgan fingerprint density at radius 3 is 2.28 bits per heavy atom. The number of carboxylic acids is 1. The zero-order valence-corrected chi connectivity index (χ0v) is 18.1. The van der Waals surface area contributed by atoms with Crippen molar-refractivity contribution in [2.24, 2.45) is 17.6 Å². The summed E-state index contributed by atoms with van der Waals surface area (Å²) >= 11 is 0. The van der Waals surface area contributed by atoms with Gasteiger partial charge >= 0.3 is 18.2 Å². The van der Waals surface area contributed by atoms with Crippen molar-refractivity contribution >= 4 is 23.4 Å². The van der Waals surface area contributed by atoms with Crippen molar-refractivity contribution < 1.29 is 27.9 Å². The van der Waals surface area contributed by atoms with Crippen LogP contribution >= 0.6 is 0 Å². The number of carboxylic acid groups (broad SMARTS) is 1. The van der Waals surface area contributed by atoms with Crippen LogP contribution in [0.1, 0.15) is 39.0 Å². The van der Waals surface area contributed by atoms with Gasteiger partial charge in [-0.2, -0.15) is 13.2 Å². The van der Waals surface area contributed by atoms with Gasteiger partial charge in [-0.1, -0.05) is 12.1 Å². The van der Waals surface area contributed by atoms with E-state index >= 15 is 0 Å². The Labute approximate surface area is 185 Å². The first-order chi connectivity index (χ1) is 15.1. The number of nitrogens with one attached hydrogen (secondary N) is 1. The van der Waals surface area contributed by atoms with Crippen LogP contribution in [-0.2, 0) is 4.79 Å². The number of carbonyl (C=O) groups is 2. The van der Waals surface area contributed by atoms with Crippen molar-refractivity contribution in [2.75, 3.05) is 29.9 Å². The fourth-order valence-corrected chi connectivity index (χ4v) is 4.87. The van der Waals surface area contributed by atoms with Crippen LogP contribution in [0.2, 0.25) is 0 Å². The molecule has 0 spiro atoms. The first kappa shape index (κ1) is 24.2. The molecule has 0 aromatic heterocycles. The molecule has 2 bridgehead atoms. The molecule has 32 heavy (non-hydrogen) atoms. The lowest BCUT2D eigenvalue weighted by atomic mass is 9.91. The topological polar surface area (TPSA) is 98.9 Å². The van der Waals surface area contributed by atoms with Gasteiger partial charge in [-0.15, -0.1) is 0 Å². The number of anilines is 2. The van der Waals surface area contributed by atoms with Crippen LogP contribution in [0.5, 0.6) is 0 Å². The first-order valence-corrected chi connectivity index (χ1v) is 11.0. The Kier molecular flexibility index (Phi) is 7.53. The zero-order valence-electron chi connectivity index (χ0n) is 18.1. The van der Waals surface area contributed by atoms with Crippen molar-refractivity contribution in [3.8, 4) is 0 Å². The number of hydrogen-bond donors (Lipinski definition) is 3. The number of amides is 2. The van der Waals surface area contributed by atoms with E-state index in [0.717, 1.165) is 44.1 Å². The molecular weight excluding hydrogens is 425 g/mol. The molecule has 1 aliphatic carbocycles. The molecule has 2 heterocycles. The third-order valence-electron chi connectivity index (χ3n) is 6.68. The first-order valence-electron chi connectivity index (χ1n) is 11.0. The van der Waals surface area contributed by atoms with Gasteiger partial charge in [-0.05, 0) is 63.0 Å². The lowest BCUT2D eigenvalue weighted by Crippen LogP contribution is -2.44. The number of nitrogens with two attached hydrogens (primary N) is 1. The van der Waals surface area contributed by atoms with Crippen molar-refractivity contribution in [1.29, 1.82) is 0 Å². The average Bonchev–Trinajstić information content (AvgIpc) is 3.37.